The predicted molar refractivity (Wildman–Crippen MR) is 67.5 cm³/mol. The molecule has 0 aliphatic heterocycles. The minimum absolute atomic E-state index is 0.0937. The quantitative estimate of drug-likeness (QED) is 0.590. The lowest BCUT2D eigenvalue weighted by Crippen LogP contribution is -2.40. The van der Waals surface area contributed by atoms with Crippen molar-refractivity contribution >= 4 is 11.9 Å². The zero-order chi connectivity index (χ0) is 14.3. The monoisotopic (exact) mass is 269 g/mol. The van der Waals surface area contributed by atoms with E-state index < -0.39 is 17.9 Å². The first-order valence-electron chi connectivity index (χ1n) is 6.22. The number of hydrogen-bond acceptors (Lipinski definition) is 5. The molecule has 0 saturated heterocycles. The number of carboxylic acid groups (broad SMARTS) is 1. The number of nitrogens with zero attached hydrogens (tertiary/aromatic N) is 3. The number of amides is 1. The highest BCUT2D eigenvalue weighted by molar-refractivity contribution is 5.94. The van der Waals surface area contributed by atoms with Crippen LogP contribution in [0, 0.1) is 0 Å². The van der Waals surface area contributed by atoms with Crippen LogP contribution in [-0.4, -0.2) is 44.6 Å². The molecule has 8 heteroatoms. The van der Waals surface area contributed by atoms with Gasteiger partial charge in [0.05, 0.1) is 12.7 Å². The van der Waals surface area contributed by atoms with Gasteiger partial charge in [0.2, 0.25) is 0 Å². The van der Waals surface area contributed by atoms with E-state index in [1.807, 2.05) is 6.92 Å². The van der Waals surface area contributed by atoms with Crippen LogP contribution >= 0.6 is 0 Å². The Labute approximate surface area is 111 Å². The molecule has 0 radical (unpaired) electrons. The van der Waals surface area contributed by atoms with Crippen LogP contribution in [0.4, 0.5) is 0 Å². The van der Waals surface area contributed by atoms with Crippen LogP contribution in [0.2, 0.25) is 0 Å². The van der Waals surface area contributed by atoms with Gasteiger partial charge in [-0.1, -0.05) is 25.0 Å². The molecule has 1 aromatic rings. The first-order chi connectivity index (χ1) is 9.08. The number of carboxylic acids is 1. The molecule has 0 fully saturated rings. The molecule has 8 nitrogen and oxygen atoms in total. The molecule has 0 saturated carbocycles. The zero-order valence-electron chi connectivity index (χ0n) is 10.9. The highest BCUT2D eigenvalue weighted by Gasteiger charge is 2.21. The fourth-order valence-corrected chi connectivity index (χ4v) is 1.54. The number of aliphatic carboxylic acids is 1. The van der Waals surface area contributed by atoms with Gasteiger partial charge in [0.1, 0.15) is 6.04 Å². The molecule has 0 bridgehead atoms. The maximum Gasteiger partial charge on any atom is 0.326 e. The second-order valence-corrected chi connectivity index (χ2v) is 4.16. The molecule has 1 amide bonds. The van der Waals surface area contributed by atoms with Gasteiger partial charge in [-0.3, -0.25) is 9.48 Å². The average molecular weight is 269 g/mol. The molecule has 1 aromatic heterocycles. The largest absolute Gasteiger partial charge is 0.480 e. The third kappa shape index (κ3) is 4.66. The Balaban J connectivity index is 2.62. The Morgan fingerprint density at radius 2 is 2.32 bits per heavy atom. The number of unbranched alkanes of at least 4 members (excludes halogenated alkanes) is 1. The highest BCUT2D eigenvalue weighted by atomic mass is 16.4. The number of nitrogens with one attached hydrogen (secondary N) is 1. The van der Waals surface area contributed by atoms with Gasteiger partial charge in [-0.15, -0.1) is 5.10 Å². The summed E-state index contributed by atoms with van der Waals surface area (Å²) in [7, 11) is 0. The van der Waals surface area contributed by atoms with Crippen LogP contribution in [0.1, 0.15) is 36.7 Å². The van der Waals surface area contributed by atoms with Gasteiger partial charge in [-0.05, 0) is 6.42 Å². The molecule has 4 N–H and O–H groups in total. The van der Waals surface area contributed by atoms with Gasteiger partial charge in [0, 0.05) is 6.54 Å². The lowest BCUT2D eigenvalue weighted by atomic mass is 10.1. The number of rotatable bonds is 8. The average Bonchev–Trinajstić information content (AvgIpc) is 2.83. The fraction of sp³-hybridized carbons (Fsp3) is 0.636. The van der Waals surface area contributed by atoms with E-state index in [9.17, 15) is 9.59 Å². The smallest absolute Gasteiger partial charge is 0.326 e. The maximum atomic E-state index is 11.8. The molecule has 0 aliphatic rings. The normalized spacial score (nSPS) is 12.1. The lowest BCUT2D eigenvalue weighted by Gasteiger charge is -2.12. The van der Waals surface area contributed by atoms with Crippen molar-refractivity contribution in [2.24, 2.45) is 5.73 Å². The first-order valence-corrected chi connectivity index (χ1v) is 6.22. The van der Waals surface area contributed by atoms with E-state index in [-0.39, 0.29) is 5.69 Å². The molecular formula is C11H19N5O3. The summed E-state index contributed by atoms with van der Waals surface area (Å²) in [6.45, 7) is 2.80. The van der Waals surface area contributed by atoms with Crippen LogP contribution in [0.25, 0.3) is 0 Å². The molecule has 0 unspecified atom stereocenters. The molecule has 19 heavy (non-hydrogen) atoms. The molecule has 0 spiro atoms. The van der Waals surface area contributed by atoms with Crippen LogP contribution in [0.5, 0.6) is 0 Å². The van der Waals surface area contributed by atoms with Crippen molar-refractivity contribution in [3.8, 4) is 0 Å². The SMILES string of the molecule is CCCC[C@H](NC(=O)c1cn(CCN)nn1)C(=O)O. The van der Waals surface area contributed by atoms with E-state index in [2.05, 4.69) is 15.6 Å². The molecule has 106 valence electrons. The summed E-state index contributed by atoms with van der Waals surface area (Å²) < 4.78 is 1.44. The summed E-state index contributed by atoms with van der Waals surface area (Å²) in [5.74, 6) is -1.58. The van der Waals surface area contributed by atoms with Gasteiger partial charge in [-0.25, -0.2) is 4.79 Å². The Morgan fingerprint density at radius 3 is 2.89 bits per heavy atom. The summed E-state index contributed by atoms with van der Waals surface area (Å²) in [5.41, 5.74) is 5.45. The second-order valence-electron chi connectivity index (χ2n) is 4.16. The van der Waals surface area contributed by atoms with Crippen molar-refractivity contribution < 1.29 is 14.7 Å². The van der Waals surface area contributed by atoms with Crippen molar-refractivity contribution in [3.63, 3.8) is 0 Å². The molecule has 0 aliphatic carbocycles. The molecule has 1 rings (SSSR count). The molecule has 1 atom stereocenters. The van der Waals surface area contributed by atoms with E-state index in [0.29, 0.717) is 19.5 Å². The Morgan fingerprint density at radius 1 is 1.58 bits per heavy atom. The van der Waals surface area contributed by atoms with Crippen LogP contribution in [-0.2, 0) is 11.3 Å². The van der Waals surface area contributed by atoms with Crippen LogP contribution in [0.3, 0.4) is 0 Å². The van der Waals surface area contributed by atoms with E-state index in [1.165, 1.54) is 10.9 Å². The van der Waals surface area contributed by atoms with Crippen molar-refractivity contribution in [3.05, 3.63) is 11.9 Å². The molecular weight excluding hydrogens is 250 g/mol. The van der Waals surface area contributed by atoms with E-state index in [0.717, 1.165) is 12.8 Å². The number of carbonyl (C=O) groups excluding carboxylic acids is 1. The van der Waals surface area contributed by atoms with Crippen molar-refractivity contribution in [2.75, 3.05) is 6.54 Å². The van der Waals surface area contributed by atoms with Crippen molar-refractivity contribution in [1.29, 1.82) is 0 Å². The second kappa shape index (κ2) is 7.47. The summed E-state index contributed by atoms with van der Waals surface area (Å²) in [5, 5.41) is 18.8. The first kappa shape index (κ1) is 15.1. The zero-order valence-corrected chi connectivity index (χ0v) is 10.9. The van der Waals surface area contributed by atoms with Gasteiger partial charge in [0.25, 0.3) is 5.91 Å². The van der Waals surface area contributed by atoms with Gasteiger partial charge in [0.15, 0.2) is 5.69 Å². The van der Waals surface area contributed by atoms with Gasteiger partial charge in [-0.2, -0.15) is 0 Å². The maximum absolute atomic E-state index is 11.8. The van der Waals surface area contributed by atoms with Crippen molar-refractivity contribution in [2.45, 2.75) is 38.8 Å². The third-order valence-corrected chi connectivity index (χ3v) is 2.58. The minimum atomic E-state index is -1.05. The minimum Gasteiger partial charge on any atom is -0.480 e. The molecule has 1 heterocycles. The summed E-state index contributed by atoms with van der Waals surface area (Å²) >= 11 is 0. The van der Waals surface area contributed by atoms with Crippen LogP contribution in [0.15, 0.2) is 6.20 Å². The van der Waals surface area contributed by atoms with Crippen LogP contribution < -0.4 is 11.1 Å². The number of nitrogens with two attached hydrogens (primary N) is 1. The Kier molecular flexibility index (Phi) is 5.94. The molecule has 0 aromatic carbocycles. The lowest BCUT2D eigenvalue weighted by molar-refractivity contribution is -0.139. The highest BCUT2D eigenvalue weighted by Crippen LogP contribution is 2.02. The number of carbonyl (C=O) groups is 2. The van der Waals surface area contributed by atoms with Crippen molar-refractivity contribution in [1.82, 2.24) is 20.3 Å². The summed E-state index contributed by atoms with van der Waals surface area (Å²) in [6.07, 6.45) is 3.44. The Hall–Kier alpha value is -1.96. The standard InChI is InChI=1S/C11H19N5O3/c1-2-3-4-8(11(18)19)13-10(17)9-7-16(6-5-12)15-14-9/h7-8H,2-6,12H2,1H3,(H,13,17)(H,18,19)/t8-/m0/s1. The number of hydrogen-bond donors (Lipinski definition) is 3. The van der Waals surface area contributed by atoms with E-state index in [1.54, 1.807) is 0 Å². The van der Waals surface area contributed by atoms with Gasteiger partial charge < -0.3 is 16.2 Å². The topological polar surface area (TPSA) is 123 Å². The fourth-order valence-electron chi connectivity index (χ4n) is 1.54. The number of aromatic nitrogens is 3. The Bertz CT molecular complexity index is 432. The van der Waals surface area contributed by atoms with Gasteiger partial charge >= 0.3 is 5.97 Å². The predicted octanol–water partition coefficient (Wildman–Crippen LogP) is -0.390. The third-order valence-electron chi connectivity index (χ3n) is 2.58. The van der Waals surface area contributed by atoms with E-state index in [4.69, 9.17) is 10.8 Å². The summed E-state index contributed by atoms with van der Waals surface area (Å²) in [6, 6.07) is -0.896. The van der Waals surface area contributed by atoms with E-state index >= 15 is 0 Å². The summed E-state index contributed by atoms with van der Waals surface area (Å²) in [4.78, 5) is 22.8.